The van der Waals surface area contributed by atoms with Gasteiger partial charge in [0.2, 0.25) is 0 Å². The van der Waals surface area contributed by atoms with Gasteiger partial charge in [-0.1, -0.05) is 51.1 Å². The molecule has 0 aliphatic heterocycles. The van der Waals surface area contributed by atoms with E-state index < -0.39 is 26.1 Å². The van der Waals surface area contributed by atoms with Crippen molar-refractivity contribution in [2.24, 2.45) is 0 Å². The molecule has 7 heteroatoms. The summed E-state index contributed by atoms with van der Waals surface area (Å²) in [4.78, 5) is 24.6. The summed E-state index contributed by atoms with van der Waals surface area (Å²) < 4.78 is 16.9. The summed E-state index contributed by atoms with van der Waals surface area (Å²) in [5.74, 6) is -0.385. The molecule has 0 heterocycles. The Morgan fingerprint density at radius 3 is 2.14 bits per heavy atom. The van der Waals surface area contributed by atoms with E-state index in [0.717, 1.165) is 5.56 Å². The average Bonchev–Trinajstić information content (AvgIpc) is 2.56. The second kappa shape index (κ2) is 10.3. The van der Waals surface area contributed by atoms with Crippen LogP contribution in [0, 0.1) is 0 Å². The smallest absolute Gasteiger partial charge is 0.407 e. The van der Waals surface area contributed by atoms with Gasteiger partial charge in [-0.15, -0.1) is 0 Å². The quantitative estimate of drug-likeness (QED) is 0.469. The van der Waals surface area contributed by atoms with Gasteiger partial charge in [-0.25, -0.2) is 4.79 Å². The molecule has 1 atom stereocenters. The van der Waals surface area contributed by atoms with Crippen LogP contribution in [0.1, 0.15) is 53.5 Å². The summed E-state index contributed by atoms with van der Waals surface area (Å²) in [5.41, 5.74) is 0.305. The predicted molar refractivity (Wildman–Crippen MR) is 117 cm³/mol. The van der Waals surface area contributed by atoms with Crippen LogP contribution in [-0.2, 0) is 25.3 Å². The van der Waals surface area contributed by atoms with Gasteiger partial charge in [0, 0.05) is 0 Å². The van der Waals surface area contributed by atoms with Gasteiger partial charge in [0.1, 0.15) is 12.2 Å². The van der Waals surface area contributed by atoms with E-state index in [0.29, 0.717) is 0 Å². The van der Waals surface area contributed by atoms with Crippen molar-refractivity contribution in [1.29, 1.82) is 0 Å². The third-order valence-electron chi connectivity index (χ3n) is 4.82. The first kappa shape index (κ1) is 25.2. The number of nitrogens with one attached hydrogen (secondary N) is 1. The zero-order valence-corrected chi connectivity index (χ0v) is 20.1. The van der Waals surface area contributed by atoms with E-state index in [1.807, 2.05) is 51.1 Å². The Morgan fingerprint density at radius 1 is 1.03 bits per heavy atom. The third-order valence-corrected chi connectivity index (χ3v) is 9.32. The first-order chi connectivity index (χ1) is 13.2. The van der Waals surface area contributed by atoms with Crippen LogP contribution in [0.3, 0.4) is 0 Å². The molecule has 1 rings (SSSR count). The molecule has 0 radical (unpaired) electrons. The number of ether oxygens (including phenoxy) is 2. The zero-order valence-electron chi connectivity index (χ0n) is 19.1. The molecule has 0 fully saturated rings. The summed E-state index contributed by atoms with van der Waals surface area (Å²) >= 11 is 0. The molecule has 6 nitrogen and oxygen atoms in total. The standard InChI is InChI=1S/C22H37NO5Si/c1-21(2,3)28-19(24)14-18(16-27-29(7,8)22(4,5)6)23-20(25)26-15-17-12-10-9-11-13-17/h9-13,18H,14-16H2,1-8H3,(H,23,25)/t18-/m0/s1. The zero-order chi connectivity index (χ0) is 22.3. The predicted octanol–water partition coefficient (Wildman–Crippen LogP) is 5.04. The van der Waals surface area contributed by atoms with Gasteiger partial charge in [-0.2, -0.15) is 0 Å². The van der Waals surface area contributed by atoms with Crippen LogP contribution in [0.4, 0.5) is 4.79 Å². The molecule has 0 bridgehead atoms. The van der Waals surface area contributed by atoms with Crippen LogP contribution in [0.15, 0.2) is 30.3 Å². The maximum atomic E-state index is 12.3. The summed E-state index contributed by atoms with van der Waals surface area (Å²) in [6.45, 7) is 16.5. The van der Waals surface area contributed by atoms with Gasteiger partial charge in [0.05, 0.1) is 19.1 Å². The van der Waals surface area contributed by atoms with E-state index in [-0.39, 0.29) is 30.6 Å². The fourth-order valence-corrected chi connectivity index (χ4v) is 3.24. The topological polar surface area (TPSA) is 73.9 Å². The van der Waals surface area contributed by atoms with Crippen LogP contribution in [0.2, 0.25) is 18.1 Å². The van der Waals surface area contributed by atoms with Gasteiger partial charge >= 0.3 is 12.1 Å². The first-order valence-corrected chi connectivity index (χ1v) is 12.9. The van der Waals surface area contributed by atoms with Gasteiger partial charge in [-0.3, -0.25) is 4.79 Å². The molecular weight excluding hydrogens is 386 g/mol. The Balaban J connectivity index is 2.72. The minimum atomic E-state index is -2.03. The Bertz CT molecular complexity index is 662. The normalized spacial score (nSPS) is 13.5. The number of amides is 1. The Hall–Kier alpha value is -1.86. The lowest BCUT2D eigenvalue weighted by molar-refractivity contribution is -0.155. The second-order valence-corrected chi connectivity index (χ2v) is 14.6. The molecule has 0 saturated heterocycles. The Kier molecular flexibility index (Phi) is 8.90. The fraction of sp³-hybridized carbons (Fsp3) is 0.636. The molecule has 0 aliphatic rings. The lowest BCUT2D eigenvalue weighted by Crippen LogP contribution is -2.47. The number of hydrogen-bond donors (Lipinski definition) is 1. The summed E-state index contributed by atoms with van der Waals surface area (Å²) in [7, 11) is -2.03. The Morgan fingerprint density at radius 2 is 1.62 bits per heavy atom. The van der Waals surface area contributed by atoms with E-state index in [1.54, 1.807) is 0 Å². The molecule has 0 aromatic heterocycles. The highest BCUT2D eigenvalue weighted by Crippen LogP contribution is 2.36. The van der Waals surface area contributed by atoms with Crippen molar-refractivity contribution in [3.8, 4) is 0 Å². The number of alkyl carbamates (subject to hydrolysis) is 1. The third kappa shape index (κ3) is 9.94. The van der Waals surface area contributed by atoms with Crippen molar-refractivity contribution in [1.82, 2.24) is 5.32 Å². The van der Waals surface area contributed by atoms with Crippen molar-refractivity contribution < 1.29 is 23.5 Å². The minimum Gasteiger partial charge on any atom is -0.460 e. The van der Waals surface area contributed by atoms with E-state index in [2.05, 4.69) is 39.2 Å². The number of benzene rings is 1. The summed E-state index contributed by atoms with van der Waals surface area (Å²) in [5, 5.41) is 2.79. The van der Waals surface area contributed by atoms with Crippen molar-refractivity contribution in [2.75, 3.05) is 6.61 Å². The lowest BCUT2D eigenvalue weighted by atomic mass is 10.2. The van der Waals surface area contributed by atoms with Crippen molar-refractivity contribution >= 4 is 20.4 Å². The second-order valence-electron chi connectivity index (χ2n) is 9.76. The van der Waals surface area contributed by atoms with Crippen LogP contribution in [-0.4, -0.2) is 38.6 Å². The molecule has 0 saturated carbocycles. The number of carbonyl (C=O) groups is 2. The highest BCUT2D eigenvalue weighted by molar-refractivity contribution is 6.74. The minimum absolute atomic E-state index is 0.0202. The maximum Gasteiger partial charge on any atom is 0.407 e. The highest BCUT2D eigenvalue weighted by Gasteiger charge is 2.38. The fourth-order valence-electron chi connectivity index (χ4n) is 2.19. The molecule has 29 heavy (non-hydrogen) atoms. The molecule has 1 N–H and O–H groups in total. The summed E-state index contributed by atoms with van der Waals surface area (Å²) in [6.07, 6.45) is -0.562. The van der Waals surface area contributed by atoms with Crippen LogP contribution >= 0.6 is 0 Å². The average molecular weight is 424 g/mol. The number of hydrogen-bond acceptors (Lipinski definition) is 5. The van der Waals surface area contributed by atoms with Crippen molar-refractivity contribution in [3.63, 3.8) is 0 Å². The van der Waals surface area contributed by atoms with E-state index in [9.17, 15) is 9.59 Å². The molecule has 164 valence electrons. The summed E-state index contributed by atoms with van der Waals surface area (Å²) in [6, 6.07) is 8.91. The molecule has 1 amide bonds. The molecule has 0 unspecified atom stereocenters. The van der Waals surface area contributed by atoms with Crippen LogP contribution in [0.25, 0.3) is 0 Å². The van der Waals surface area contributed by atoms with E-state index in [1.165, 1.54) is 0 Å². The number of carbonyl (C=O) groups excluding carboxylic acids is 2. The number of esters is 1. The molecule has 0 spiro atoms. The van der Waals surface area contributed by atoms with Gasteiger partial charge in [-0.05, 0) is 44.5 Å². The largest absolute Gasteiger partial charge is 0.460 e. The van der Waals surface area contributed by atoms with Crippen molar-refractivity contribution in [2.45, 2.75) is 84.3 Å². The SMILES string of the molecule is CC(C)(C)OC(=O)C[C@@H](CO[Si](C)(C)C(C)(C)C)NC(=O)OCc1ccccc1. The van der Waals surface area contributed by atoms with Crippen LogP contribution in [0.5, 0.6) is 0 Å². The van der Waals surface area contributed by atoms with E-state index in [4.69, 9.17) is 13.9 Å². The monoisotopic (exact) mass is 423 g/mol. The first-order valence-electron chi connectivity index (χ1n) is 10.0. The van der Waals surface area contributed by atoms with Crippen LogP contribution < -0.4 is 5.32 Å². The Labute approximate surface area is 176 Å². The maximum absolute atomic E-state index is 12.3. The lowest BCUT2D eigenvalue weighted by Gasteiger charge is -2.37. The molecular formula is C22H37NO5Si. The van der Waals surface area contributed by atoms with E-state index >= 15 is 0 Å². The number of rotatable bonds is 8. The van der Waals surface area contributed by atoms with Gasteiger partial charge in [0.25, 0.3) is 0 Å². The molecule has 1 aromatic rings. The van der Waals surface area contributed by atoms with Crippen molar-refractivity contribution in [3.05, 3.63) is 35.9 Å². The highest BCUT2D eigenvalue weighted by atomic mass is 28.4. The van der Waals surface area contributed by atoms with Gasteiger partial charge < -0.3 is 19.2 Å². The molecule has 0 aliphatic carbocycles. The molecule has 1 aromatic carbocycles. The van der Waals surface area contributed by atoms with Gasteiger partial charge in [0.15, 0.2) is 8.32 Å².